The number of nitro benzene ring substituents is 1. The molecular formula is C14H17BrFNO4. The van der Waals surface area contributed by atoms with Crippen LogP contribution in [0.25, 0.3) is 0 Å². The van der Waals surface area contributed by atoms with Gasteiger partial charge in [0.15, 0.2) is 11.6 Å². The van der Waals surface area contributed by atoms with Gasteiger partial charge >= 0.3 is 0 Å². The molecule has 2 rings (SSSR count). The van der Waals surface area contributed by atoms with Gasteiger partial charge in [-0.1, -0.05) is 15.9 Å². The van der Waals surface area contributed by atoms with E-state index in [0.29, 0.717) is 25.4 Å². The van der Waals surface area contributed by atoms with Crippen LogP contribution in [0.3, 0.4) is 0 Å². The highest BCUT2D eigenvalue weighted by atomic mass is 79.9. The summed E-state index contributed by atoms with van der Waals surface area (Å²) in [6.45, 7) is 3.25. The molecule has 5 nitrogen and oxygen atoms in total. The fourth-order valence-corrected chi connectivity index (χ4v) is 3.03. The van der Waals surface area contributed by atoms with Crippen molar-refractivity contribution < 1.29 is 18.8 Å². The lowest BCUT2D eigenvalue weighted by Gasteiger charge is -2.35. The maximum absolute atomic E-state index is 13.9. The van der Waals surface area contributed by atoms with Crippen LogP contribution < -0.4 is 4.74 Å². The minimum absolute atomic E-state index is 0.0601. The highest BCUT2D eigenvalue weighted by molar-refractivity contribution is 9.09. The van der Waals surface area contributed by atoms with Crippen molar-refractivity contribution in [2.75, 3.05) is 25.2 Å². The quantitative estimate of drug-likeness (QED) is 0.456. The Morgan fingerprint density at radius 1 is 1.48 bits per heavy atom. The molecule has 1 aromatic carbocycles. The van der Waals surface area contributed by atoms with Crippen LogP contribution >= 0.6 is 15.9 Å². The van der Waals surface area contributed by atoms with E-state index in [1.807, 2.05) is 0 Å². The smallest absolute Gasteiger partial charge is 0.275 e. The molecule has 1 saturated heterocycles. The zero-order valence-corrected chi connectivity index (χ0v) is 13.3. The van der Waals surface area contributed by atoms with Crippen LogP contribution in [-0.4, -0.2) is 30.1 Å². The molecule has 0 atom stereocenters. The molecule has 1 aromatic rings. The van der Waals surface area contributed by atoms with E-state index in [0.717, 1.165) is 24.2 Å². The maximum Gasteiger partial charge on any atom is 0.275 e. The fraction of sp³-hybridized carbons (Fsp3) is 0.571. The molecule has 1 aliphatic heterocycles. The second-order valence-electron chi connectivity index (χ2n) is 5.36. The van der Waals surface area contributed by atoms with Gasteiger partial charge in [0.05, 0.1) is 17.6 Å². The average molecular weight is 362 g/mol. The Labute approximate surface area is 130 Å². The van der Waals surface area contributed by atoms with E-state index >= 15 is 0 Å². The van der Waals surface area contributed by atoms with Crippen LogP contribution in [0.2, 0.25) is 0 Å². The summed E-state index contributed by atoms with van der Waals surface area (Å²) in [4.78, 5) is 10.2. The third kappa shape index (κ3) is 3.71. The number of alkyl halides is 1. The standard InChI is InChI=1S/C14H17BrFNO4/c1-10-6-13(11(16)7-12(10)17(18)19)21-9-14(8-15)2-4-20-5-3-14/h6-7H,2-5,8-9H2,1H3. The van der Waals surface area contributed by atoms with Gasteiger partial charge in [0, 0.05) is 29.5 Å². The molecule has 0 aromatic heterocycles. The lowest BCUT2D eigenvalue weighted by molar-refractivity contribution is -0.385. The highest BCUT2D eigenvalue weighted by Gasteiger charge is 2.33. The third-order valence-corrected chi connectivity index (χ3v) is 5.01. The number of aryl methyl sites for hydroxylation is 1. The molecule has 0 spiro atoms. The van der Waals surface area contributed by atoms with Crippen LogP contribution in [0, 0.1) is 28.3 Å². The van der Waals surface area contributed by atoms with Gasteiger partial charge in [0.25, 0.3) is 5.69 Å². The topological polar surface area (TPSA) is 61.6 Å². The number of hydrogen-bond donors (Lipinski definition) is 0. The summed E-state index contributed by atoms with van der Waals surface area (Å²) in [7, 11) is 0. The summed E-state index contributed by atoms with van der Waals surface area (Å²) >= 11 is 3.49. The number of ether oxygens (including phenoxy) is 2. The summed E-state index contributed by atoms with van der Waals surface area (Å²) in [5, 5.41) is 11.5. The molecule has 7 heteroatoms. The van der Waals surface area contributed by atoms with Gasteiger partial charge < -0.3 is 9.47 Å². The highest BCUT2D eigenvalue weighted by Crippen LogP contribution is 2.34. The Hall–Kier alpha value is -1.21. The number of hydrogen-bond acceptors (Lipinski definition) is 4. The van der Waals surface area contributed by atoms with Gasteiger partial charge in [0.2, 0.25) is 0 Å². The molecule has 0 radical (unpaired) electrons. The predicted octanol–water partition coefficient (Wildman–Crippen LogP) is 3.61. The molecule has 116 valence electrons. The summed E-state index contributed by atoms with van der Waals surface area (Å²) in [5.74, 6) is -0.644. The first-order valence-corrected chi connectivity index (χ1v) is 7.81. The van der Waals surface area contributed by atoms with E-state index in [1.54, 1.807) is 6.92 Å². The van der Waals surface area contributed by atoms with E-state index in [1.165, 1.54) is 6.07 Å². The lowest BCUT2D eigenvalue weighted by atomic mass is 9.83. The average Bonchev–Trinajstić information content (AvgIpc) is 2.48. The normalized spacial score (nSPS) is 17.5. The predicted molar refractivity (Wildman–Crippen MR) is 79.6 cm³/mol. The molecule has 21 heavy (non-hydrogen) atoms. The van der Waals surface area contributed by atoms with Crippen molar-refractivity contribution in [3.8, 4) is 5.75 Å². The number of nitrogens with zero attached hydrogens (tertiary/aromatic N) is 1. The van der Waals surface area contributed by atoms with Crippen LogP contribution in [0.4, 0.5) is 10.1 Å². The van der Waals surface area contributed by atoms with Crippen LogP contribution in [0.1, 0.15) is 18.4 Å². The number of rotatable bonds is 5. The van der Waals surface area contributed by atoms with Crippen molar-refractivity contribution in [2.45, 2.75) is 19.8 Å². The van der Waals surface area contributed by atoms with Crippen molar-refractivity contribution in [1.82, 2.24) is 0 Å². The van der Waals surface area contributed by atoms with Crippen LogP contribution in [0.15, 0.2) is 12.1 Å². The SMILES string of the molecule is Cc1cc(OCC2(CBr)CCOCC2)c(F)cc1[N+](=O)[O-]. The van der Waals surface area contributed by atoms with E-state index in [4.69, 9.17) is 9.47 Å². The molecule has 1 heterocycles. The Bertz CT molecular complexity index is 532. The Morgan fingerprint density at radius 3 is 2.71 bits per heavy atom. The molecule has 0 N–H and O–H groups in total. The fourth-order valence-electron chi connectivity index (χ4n) is 2.30. The second-order valence-corrected chi connectivity index (χ2v) is 5.92. The van der Waals surface area contributed by atoms with Crippen molar-refractivity contribution in [2.24, 2.45) is 5.41 Å². The maximum atomic E-state index is 13.9. The lowest BCUT2D eigenvalue weighted by Crippen LogP contribution is -2.36. The third-order valence-electron chi connectivity index (χ3n) is 3.82. The molecule has 1 fully saturated rings. The largest absolute Gasteiger partial charge is 0.490 e. The van der Waals surface area contributed by atoms with Gasteiger partial charge in [-0.25, -0.2) is 4.39 Å². The molecule has 0 aliphatic carbocycles. The minimum atomic E-state index is -0.705. The second kappa shape index (κ2) is 6.70. The zero-order chi connectivity index (χ0) is 15.5. The van der Waals surface area contributed by atoms with Gasteiger partial charge in [-0.3, -0.25) is 10.1 Å². The number of nitro groups is 1. The summed E-state index contributed by atoms with van der Waals surface area (Å²) < 4.78 is 24.8. The summed E-state index contributed by atoms with van der Waals surface area (Å²) in [5.41, 5.74) is 0.0674. The first-order chi connectivity index (χ1) is 9.97. The molecule has 1 aliphatic rings. The van der Waals surface area contributed by atoms with Crippen molar-refractivity contribution in [3.05, 3.63) is 33.6 Å². The van der Waals surface area contributed by atoms with Crippen molar-refractivity contribution in [3.63, 3.8) is 0 Å². The van der Waals surface area contributed by atoms with Gasteiger partial charge in [-0.05, 0) is 25.8 Å². The molecular weight excluding hydrogens is 345 g/mol. The number of halogens is 2. The Morgan fingerprint density at radius 2 is 2.14 bits per heavy atom. The Balaban J connectivity index is 2.12. The van der Waals surface area contributed by atoms with Crippen molar-refractivity contribution >= 4 is 21.6 Å². The molecule has 0 saturated carbocycles. The Kier molecular flexibility index (Phi) is 5.16. The van der Waals surface area contributed by atoms with Gasteiger partial charge in [0.1, 0.15) is 0 Å². The first-order valence-electron chi connectivity index (χ1n) is 6.68. The van der Waals surface area contributed by atoms with Crippen LogP contribution in [-0.2, 0) is 4.74 Å². The minimum Gasteiger partial charge on any atom is -0.490 e. The van der Waals surface area contributed by atoms with Crippen LogP contribution in [0.5, 0.6) is 5.75 Å². The number of benzene rings is 1. The monoisotopic (exact) mass is 361 g/mol. The summed E-state index contributed by atoms with van der Waals surface area (Å²) in [6.07, 6.45) is 1.68. The van der Waals surface area contributed by atoms with Gasteiger partial charge in [-0.15, -0.1) is 0 Å². The first kappa shape index (κ1) is 16.2. The molecule has 0 unspecified atom stereocenters. The van der Waals surface area contributed by atoms with Crippen molar-refractivity contribution in [1.29, 1.82) is 0 Å². The van der Waals surface area contributed by atoms with E-state index in [-0.39, 0.29) is 16.9 Å². The van der Waals surface area contributed by atoms with Gasteiger partial charge in [-0.2, -0.15) is 0 Å². The molecule has 0 bridgehead atoms. The van der Waals surface area contributed by atoms with E-state index in [9.17, 15) is 14.5 Å². The zero-order valence-electron chi connectivity index (χ0n) is 11.7. The summed E-state index contributed by atoms with van der Waals surface area (Å²) in [6, 6.07) is 2.30. The molecule has 0 amide bonds. The van der Waals surface area contributed by atoms with E-state index < -0.39 is 10.7 Å². The van der Waals surface area contributed by atoms with E-state index in [2.05, 4.69) is 15.9 Å².